The van der Waals surface area contributed by atoms with Crippen LogP contribution in [-0.4, -0.2) is 34.3 Å². The first-order valence-electron chi connectivity index (χ1n) is 6.98. The van der Waals surface area contributed by atoms with Gasteiger partial charge in [-0.05, 0) is 13.0 Å². The quantitative estimate of drug-likeness (QED) is 0.462. The van der Waals surface area contributed by atoms with Gasteiger partial charge in [0.05, 0.1) is 28.8 Å². The molecular formula is C14H13N5O5S. The van der Waals surface area contributed by atoms with E-state index in [4.69, 9.17) is 4.42 Å². The van der Waals surface area contributed by atoms with E-state index in [2.05, 4.69) is 10.2 Å². The summed E-state index contributed by atoms with van der Waals surface area (Å²) in [6.07, 6.45) is 4.46. The molecule has 0 aromatic carbocycles. The van der Waals surface area contributed by atoms with Gasteiger partial charge in [-0.25, -0.2) is 13.4 Å². The van der Waals surface area contributed by atoms with Gasteiger partial charge in [-0.1, -0.05) is 0 Å². The van der Waals surface area contributed by atoms with E-state index in [0.717, 1.165) is 10.8 Å². The number of sulfone groups is 1. The summed E-state index contributed by atoms with van der Waals surface area (Å²) in [5.74, 6) is -0.149. The molecule has 0 saturated carbocycles. The average Bonchev–Trinajstić information content (AvgIpc) is 3.12. The Kier molecular flexibility index (Phi) is 4.00. The number of aromatic nitrogens is 2. The summed E-state index contributed by atoms with van der Waals surface area (Å²) in [6.45, 7) is 1.61. The molecule has 0 unspecified atom stereocenters. The number of aryl methyl sites for hydroxylation is 1. The van der Waals surface area contributed by atoms with Crippen LogP contribution in [0.4, 0.5) is 5.88 Å². The summed E-state index contributed by atoms with van der Waals surface area (Å²) in [4.78, 5) is 10.1. The highest BCUT2D eigenvalue weighted by Crippen LogP contribution is 2.27. The fourth-order valence-corrected chi connectivity index (χ4v) is 3.14. The Labute approximate surface area is 142 Å². The van der Waals surface area contributed by atoms with Gasteiger partial charge in [-0.2, -0.15) is 10.2 Å². The summed E-state index contributed by atoms with van der Waals surface area (Å²) in [6, 6.07) is 2.70. The molecule has 10 nitrogen and oxygen atoms in total. The lowest BCUT2D eigenvalue weighted by Crippen LogP contribution is -2.13. The van der Waals surface area contributed by atoms with Crippen LogP contribution >= 0.6 is 0 Å². The van der Waals surface area contributed by atoms with Crippen molar-refractivity contribution in [2.24, 2.45) is 12.1 Å². The molecule has 0 bridgehead atoms. The molecule has 0 aliphatic carbocycles. The normalized spacial score (nSPS) is 16.4. The third kappa shape index (κ3) is 3.50. The maximum atomic E-state index is 11.5. The Bertz CT molecular complexity index is 1030. The van der Waals surface area contributed by atoms with Crippen molar-refractivity contribution in [2.75, 3.05) is 0 Å². The fourth-order valence-electron chi connectivity index (χ4n) is 2.19. The summed E-state index contributed by atoms with van der Waals surface area (Å²) in [7, 11) is -1.66. The molecule has 0 spiro atoms. The van der Waals surface area contributed by atoms with Crippen molar-refractivity contribution >= 4 is 21.9 Å². The molecule has 25 heavy (non-hydrogen) atoms. The molecule has 0 saturated heterocycles. The van der Waals surface area contributed by atoms with Crippen LogP contribution in [0.3, 0.4) is 0 Å². The minimum atomic E-state index is -3.35. The highest BCUT2D eigenvalue weighted by Gasteiger charge is 2.18. The highest BCUT2D eigenvalue weighted by atomic mass is 32.2. The summed E-state index contributed by atoms with van der Waals surface area (Å²) in [5.41, 5.74) is 1.37. The van der Waals surface area contributed by atoms with Gasteiger partial charge in [0.2, 0.25) is 0 Å². The molecule has 0 radical (unpaired) electrons. The van der Waals surface area contributed by atoms with Crippen molar-refractivity contribution in [3.05, 3.63) is 56.7 Å². The third-order valence-corrected chi connectivity index (χ3v) is 4.44. The first kappa shape index (κ1) is 16.6. The number of nitro groups is 1. The lowest BCUT2D eigenvalue weighted by Gasteiger charge is -2.17. The van der Waals surface area contributed by atoms with Gasteiger partial charge in [0, 0.05) is 25.0 Å². The second-order valence-electron chi connectivity index (χ2n) is 5.22. The Morgan fingerprint density at radius 2 is 2.16 bits per heavy atom. The van der Waals surface area contributed by atoms with Gasteiger partial charge >= 0.3 is 5.88 Å². The molecule has 3 heterocycles. The predicted octanol–water partition coefficient (Wildman–Crippen LogP) is 1.99. The van der Waals surface area contributed by atoms with E-state index in [1.54, 1.807) is 20.2 Å². The molecule has 0 atom stereocenters. The Hall–Kier alpha value is -3.21. The average molecular weight is 363 g/mol. The number of furan rings is 1. The first-order valence-corrected chi connectivity index (χ1v) is 8.59. The molecule has 2 aromatic heterocycles. The van der Waals surface area contributed by atoms with Crippen LogP contribution < -0.4 is 0 Å². The zero-order valence-electron chi connectivity index (χ0n) is 13.2. The van der Waals surface area contributed by atoms with Crippen LogP contribution in [0.25, 0.3) is 11.5 Å². The standard InChI is InChI=1S/C14H13N5O5S/c1-10-9-25(22,23)6-5-18(10)15-7-11-8-17(2)16-14(11)12-3-4-13(24-12)19(20)21/h3-9H,1-2H3. The number of allylic oxidation sites excluding steroid dienone is 1. The number of nitrogens with zero attached hydrogens (tertiary/aromatic N) is 5. The molecule has 0 fully saturated rings. The number of hydrazone groups is 1. The van der Waals surface area contributed by atoms with Crippen molar-refractivity contribution in [3.63, 3.8) is 0 Å². The second kappa shape index (κ2) is 6.02. The number of rotatable bonds is 4. The van der Waals surface area contributed by atoms with Crippen molar-refractivity contribution in [1.82, 2.24) is 14.8 Å². The van der Waals surface area contributed by atoms with Gasteiger partial charge in [-0.3, -0.25) is 14.8 Å². The van der Waals surface area contributed by atoms with Crippen LogP contribution in [0, 0.1) is 10.1 Å². The van der Waals surface area contributed by atoms with Crippen molar-refractivity contribution in [2.45, 2.75) is 6.92 Å². The van der Waals surface area contributed by atoms with Crippen LogP contribution in [0.1, 0.15) is 12.5 Å². The minimum absolute atomic E-state index is 0.234. The SMILES string of the molecule is CC1=CS(=O)(=O)C=CN1N=Cc1cn(C)nc1-c1ccc([N+](=O)[O-])o1. The Balaban J connectivity index is 1.91. The minimum Gasteiger partial charge on any atom is -0.399 e. The summed E-state index contributed by atoms with van der Waals surface area (Å²) < 4.78 is 29.6. The zero-order chi connectivity index (χ0) is 18.2. The largest absolute Gasteiger partial charge is 0.433 e. The Morgan fingerprint density at radius 3 is 2.80 bits per heavy atom. The zero-order valence-corrected chi connectivity index (χ0v) is 14.0. The van der Waals surface area contributed by atoms with Crippen LogP contribution in [0.15, 0.2) is 50.6 Å². The summed E-state index contributed by atoms with van der Waals surface area (Å²) in [5, 5.41) is 22.7. The van der Waals surface area contributed by atoms with E-state index in [9.17, 15) is 18.5 Å². The molecule has 2 aromatic rings. The maximum Gasteiger partial charge on any atom is 0.433 e. The van der Waals surface area contributed by atoms with E-state index in [-0.39, 0.29) is 11.6 Å². The second-order valence-corrected chi connectivity index (χ2v) is 6.91. The smallest absolute Gasteiger partial charge is 0.399 e. The van der Waals surface area contributed by atoms with E-state index in [0.29, 0.717) is 17.0 Å². The first-order chi connectivity index (χ1) is 11.7. The maximum absolute atomic E-state index is 11.5. The third-order valence-electron chi connectivity index (χ3n) is 3.27. The molecule has 0 N–H and O–H groups in total. The summed E-state index contributed by atoms with van der Waals surface area (Å²) >= 11 is 0. The van der Waals surface area contributed by atoms with Crippen LogP contribution in [0.5, 0.6) is 0 Å². The number of hydrogen-bond donors (Lipinski definition) is 0. The van der Waals surface area contributed by atoms with Crippen molar-refractivity contribution in [1.29, 1.82) is 0 Å². The van der Waals surface area contributed by atoms with Crippen molar-refractivity contribution in [3.8, 4) is 11.5 Å². The molecule has 1 aliphatic rings. The monoisotopic (exact) mass is 363 g/mol. The van der Waals surface area contributed by atoms with Crippen molar-refractivity contribution < 1.29 is 17.8 Å². The van der Waals surface area contributed by atoms with E-state index >= 15 is 0 Å². The molecule has 3 rings (SSSR count). The van der Waals surface area contributed by atoms with E-state index in [1.807, 2.05) is 0 Å². The molecule has 0 amide bonds. The highest BCUT2D eigenvalue weighted by molar-refractivity contribution is 7.97. The van der Waals surface area contributed by atoms with E-state index in [1.165, 1.54) is 34.2 Å². The van der Waals surface area contributed by atoms with E-state index < -0.39 is 14.8 Å². The lowest BCUT2D eigenvalue weighted by molar-refractivity contribution is -0.401. The molecule has 130 valence electrons. The predicted molar refractivity (Wildman–Crippen MR) is 88.8 cm³/mol. The van der Waals surface area contributed by atoms with Gasteiger partial charge < -0.3 is 4.42 Å². The fraction of sp³-hybridized carbons (Fsp3) is 0.143. The number of hydrogen-bond acceptors (Lipinski definition) is 8. The van der Waals surface area contributed by atoms with Gasteiger partial charge in [0.1, 0.15) is 10.6 Å². The Morgan fingerprint density at radius 1 is 1.40 bits per heavy atom. The van der Waals surface area contributed by atoms with Crippen LogP contribution in [-0.2, 0) is 16.9 Å². The van der Waals surface area contributed by atoms with Gasteiger partial charge in [0.15, 0.2) is 15.6 Å². The lowest BCUT2D eigenvalue weighted by atomic mass is 10.2. The van der Waals surface area contributed by atoms with Gasteiger partial charge in [0.25, 0.3) is 0 Å². The molecular weight excluding hydrogens is 350 g/mol. The van der Waals surface area contributed by atoms with Crippen LogP contribution in [0.2, 0.25) is 0 Å². The van der Waals surface area contributed by atoms with Gasteiger partial charge in [-0.15, -0.1) is 0 Å². The molecule has 11 heteroatoms. The topological polar surface area (TPSA) is 124 Å². The molecule has 1 aliphatic heterocycles.